The fourth-order valence-electron chi connectivity index (χ4n) is 3.91. The number of carbonyl (C=O) groups is 1. The van der Waals surface area contributed by atoms with Crippen LogP contribution in [-0.4, -0.2) is 43.8 Å². The third-order valence-corrected chi connectivity index (χ3v) is 8.50. The maximum Gasteiger partial charge on any atom is 0.243 e. The summed E-state index contributed by atoms with van der Waals surface area (Å²) in [6.07, 6.45) is 1.27. The molecule has 9 heteroatoms. The molecule has 1 aliphatic rings. The number of anilines is 1. The van der Waals surface area contributed by atoms with Crippen LogP contribution in [0.25, 0.3) is 10.2 Å². The van der Waals surface area contributed by atoms with E-state index >= 15 is 0 Å². The normalized spacial score (nSPS) is 17.6. The highest BCUT2D eigenvalue weighted by Gasteiger charge is 2.33. The highest BCUT2D eigenvalue weighted by atomic mass is 32.2. The minimum atomic E-state index is -3.67. The van der Waals surface area contributed by atoms with Crippen molar-refractivity contribution >= 4 is 42.6 Å². The monoisotopic (exact) mass is 459 g/mol. The van der Waals surface area contributed by atoms with Gasteiger partial charge in [-0.2, -0.15) is 4.31 Å². The number of thiazole rings is 1. The molecule has 164 valence electrons. The van der Waals surface area contributed by atoms with Gasteiger partial charge in [0.05, 0.1) is 28.1 Å². The van der Waals surface area contributed by atoms with Gasteiger partial charge in [-0.15, -0.1) is 0 Å². The number of ether oxygens (including phenoxy) is 1. The highest BCUT2D eigenvalue weighted by Crippen LogP contribution is 2.31. The number of fused-ring (bicyclic) bond motifs is 1. The Kier molecular flexibility index (Phi) is 6.00. The van der Waals surface area contributed by atoms with Gasteiger partial charge in [-0.1, -0.05) is 17.4 Å². The molecule has 0 radical (unpaired) electrons. The third-order valence-electron chi connectivity index (χ3n) is 5.50. The standard InChI is InChI=1S/C22H25N3O4S2/c1-14-11-15(2)20-19(12-14)23-22(30-20)24-21(26)16-5-4-10-25(13-16)31(27,28)18-8-6-17(29-3)7-9-18/h6-9,11-12,16H,4-5,10,13H2,1-3H3,(H,23,24,26). The topological polar surface area (TPSA) is 88.6 Å². The third kappa shape index (κ3) is 4.44. The average molecular weight is 460 g/mol. The van der Waals surface area contributed by atoms with E-state index in [0.717, 1.165) is 21.3 Å². The van der Waals surface area contributed by atoms with E-state index in [9.17, 15) is 13.2 Å². The summed E-state index contributed by atoms with van der Waals surface area (Å²) in [4.78, 5) is 17.7. The molecule has 1 N–H and O–H groups in total. The van der Waals surface area contributed by atoms with E-state index < -0.39 is 15.9 Å². The number of piperidine rings is 1. The number of rotatable bonds is 5. The summed E-state index contributed by atoms with van der Waals surface area (Å²) < 4.78 is 33.6. The number of nitrogens with one attached hydrogen (secondary N) is 1. The summed E-state index contributed by atoms with van der Waals surface area (Å²) in [5, 5.41) is 3.45. The molecular weight excluding hydrogens is 434 g/mol. The number of amides is 1. The van der Waals surface area contributed by atoms with Crippen LogP contribution in [0, 0.1) is 19.8 Å². The van der Waals surface area contributed by atoms with Gasteiger partial charge in [0.15, 0.2) is 5.13 Å². The van der Waals surface area contributed by atoms with Gasteiger partial charge < -0.3 is 10.1 Å². The lowest BCUT2D eigenvalue weighted by Gasteiger charge is -2.31. The Morgan fingerprint density at radius 2 is 1.97 bits per heavy atom. The molecule has 4 rings (SSSR count). The van der Waals surface area contributed by atoms with Gasteiger partial charge in [0, 0.05) is 13.1 Å². The lowest BCUT2D eigenvalue weighted by molar-refractivity contribution is -0.120. The van der Waals surface area contributed by atoms with Crippen molar-refractivity contribution < 1.29 is 17.9 Å². The molecule has 1 amide bonds. The summed E-state index contributed by atoms with van der Waals surface area (Å²) in [7, 11) is -2.14. The molecule has 0 bridgehead atoms. The Bertz CT molecular complexity index is 1220. The summed E-state index contributed by atoms with van der Waals surface area (Å²) in [5.41, 5.74) is 3.12. The highest BCUT2D eigenvalue weighted by molar-refractivity contribution is 7.89. The zero-order valence-corrected chi connectivity index (χ0v) is 19.3. The van der Waals surface area contributed by atoms with Gasteiger partial charge in [0.25, 0.3) is 0 Å². The zero-order valence-electron chi connectivity index (χ0n) is 17.7. The van der Waals surface area contributed by atoms with Crippen molar-refractivity contribution in [3.8, 4) is 5.75 Å². The number of benzene rings is 2. The summed E-state index contributed by atoms with van der Waals surface area (Å²) in [6.45, 7) is 4.60. The van der Waals surface area contributed by atoms with Crippen LogP contribution < -0.4 is 10.1 Å². The molecule has 1 aliphatic heterocycles. The molecule has 1 unspecified atom stereocenters. The number of carbonyl (C=O) groups excluding carboxylic acids is 1. The van der Waals surface area contributed by atoms with E-state index in [1.807, 2.05) is 19.9 Å². The van der Waals surface area contributed by atoms with Crippen molar-refractivity contribution in [3.63, 3.8) is 0 Å². The van der Waals surface area contributed by atoms with Crippen molar-refractivity contribution in [2.45, 2.75) is 31.6 Å². The van der Waals surface area contributed by atoms with E-state index in [0.29, 0.717) is 30.3 Å². The minimum Gasteiger partial charge on any atom is -0.497 e. The van der Waals surface area contributed by atoms with Crippen molar-refractivity contribution in [2.75, 3.05) is 25.5 Å². The fourth-order valence-corrected chi connectivity index (χ4v) is 6.35. The van der Waals surface area contributed by atoms with E-state index in [1.165, 1.54) is 34.9 Å². The molecule has 1 saturated heterocycles. The number of methoxy groups -OCH3 is 1. The van der Waals surface area contributed by atoms with Crippen LogP contribution in [0.4, 0.5) is 5.13 Å². The van der Waals surface area contributed by atoms with Gasteiger partial charge in [0.2, 0.25) is 15.9 Å². The Morgan fingerprint density at radius 1 is 1.23 bits per heavy atom. The Hall–Kier alpha value is -2.49. The van der Waals surface area contributed by atoms with E-state index in [1.54, 1.807) is 12.1 Å². The van der Waals surface area contributed by atoms with Crippen molar-refractivity contribution in [2.24, 2.45) is 5.92 Å². The smallest absolute Gasteiger partial charge is 0.243 e. The van der Waals surface area contributed by atoms with Crippen LogP contribution in [0.2, 0.25) is 0 Å². The number of sulfonamides is 1. The van der Waals surface area contributed by atoms with Gasteiger partial charge in [-0.25, -0.2) is 13.4 Å². The second-order valence-corrected chi connectivity index (χ2v) is 10.8. The van der Waals surface area contributed by atoms with Crippen LogP contribution in [-0.2, 0) is 14.8 Å². The lowest BCUT2D eigenvalue weighted by atomic mass is 9.99. The van der Waals surface area contributed by atoms with Crippen molar-refractivity contribution in [3.05, 3.63) is 47.5 Å². The minimum absolute atomic E-state index is 0.156. The van der Waals surface area contributed by atoms with E-state index in [4.69, 9.17) is 4.74 Å². The maximum absolute atomic E-state index is 13.0. The summed E-state index contributed by atoms with van der Waals surface area (Å²) >= 11 is 1.44. The van der Waals surface area contributed by atoms with Crippen LogP contribution in [0.1, 0.15) is 24.0 Å². The largest absolute Gasteiger partial charge is 0.497 e. The number of hydrogen-bond acceptors (Lipinski definition) is 6. The predicted octanol–water partition coefficient (Wildman–Crippen LogP) is 3.96. The molecule has 0 spiro atoms. The average Bonchev–Trinajstić information content (AvgIpc) is 3.16. The zero-order chi connectivity index (χ0) is 22.2. The molecule has 2 heterocycles. The number of nitrogens with zero attached hydrogens (tertiary/aromatic N) is 2. The first kappa shape index (κ1) is 21.7. The van der Waals surface area contributed by atoms with Crippen molar-refractivity contribution in [1.82, 2.24) is 9.29 Å². The number of aromatic nitrogens is 1. The molecule has 1 fully saturated rings. The molecule has 1 aromatic heterocycles. The van der Waals surface area contributed by atoms with Crippen LogP contribution in [0.3, 0.4) is 0 Å². The molecule has 2 aromatic carbocycles. The van der Waals surface area contributed by atoms with Crippen LogP contribution >= 0.6 is 11.3 Å². The lowest BCUT2D eigenvalue weighted by Crippen LogP contribution is -2.43. The molecule has 31 heavy (non-hydrogen) atoms. The quantitative estimate of drug-likeness (QED) is 0.624. The molecule has 7 nitrogen and oxygen atoms in total. The second kappa shape index (κ2) is 8.57. The SMILES string of the molecule is COc1ccc(S(=O)(=O)N2CCCC(C(=O)Nc3nc4cc(C)cc(C)c4s3)C2)cc1. The molecule has 0 aliphatic carbocycles. The van der Waals surface area contributed by atoms with Crippen LogP contribution in [0.5, 0.6) is 5.75 Å². The predicted molar refractivity (Wildman–Crippen MR) is 122 cm³/mol. The molecular formula is C22H25N3O4S2. The first-order valence-electron chi connectivity index (χ1n) is 10.1. The van der Waals surface area contributed by atoms with Gasteiger partial charge in [-0.3, -0.25) is 4.79 Å². The van der Waals surface area contributed by atoms with Gasteiger partial charge >= 0.3 is 0 Å². The van der Waals surface area contributed by atoms with Gasteiger partial charge in [-0.05, 0) is 68.1 Å². The Morgan fingerprint density at radius 3 is 2.68 bits per heavy atom. The van der Waals surface area contributed by atoms with Crippen molar-refractivity contribution in [1.29, 1.82) is 0 Å². The van der Waals surface area contributed by atoms with Gasteiger partial charge in [0.1, 0.15) is 5.75 Å². The Labute approximate surface area is 186 Å². The summed E-state index contributed by atoms with van der Waals surface area (Å²) in [5.74, 6) is -0.0178. The van der Waals surface area contributed by atoms with Crippen LogP contribution in [0.15, 0.2) is 41.3 Å². The summed E-state index contributed by atoms with van der Waals surface area (Å²) in [6, 6.07) is 10.4. The first-order valence-corrected chi connectivity index (χ1v) is 12.4. The van der Waals surface area contributed by atoms with E-state index in [2.05, 4.69) is 16.4 Å². The fraction of sp³-hybridized carbons (Fsp3) is 0.364. The second-order valence-electron chi connectivity index (χ2n) is 7.82. The molecule has 0 saturated carbocycles. The first-order chi connectivity index (χ1) is 14.8. The van der Waals surface area contributed by atoms with E-state index in [-0.39, 0.29) is 17.3 Å². The number of hydrogen-bond donors (Lipinski definition) is 1. The molecule has 1 atom stereocenters. The molecule has 3 aromatic rings. The maximum atomic E-state index is 13.0. The Balaban J connectivity index is 1.49. The number of aryl methyl sites for hydroxylation is 2.